The molecule has 0 radical (unpaired) electrons. The fourth-order valence-electron chi connectivity index (χ4n) is 3.97. The topological polar surface area (TPSA) is 63.3 Å². The number of amides is 1. The molecule has 0 spiro atoms. The third-order valence-electron chi connectivity index (χ3n) is 5.52. The zero-order valence-corrected chi connectivity index (χ0v) is 15.6. The summed E-state index contributed by atoms with van der Waals surface area (Å²) < 4.78 is 4.03. The average Bonchev–Trinajstić information content (AvgIpc) is 3.16. The van der Waals surface area contributed by atoms with Gasteiger partial charge in [0.2, 0.25) is 0 Å². The Balaban J connectivity index is 1.66. The molecule has 136 valence electrons. The molecule has 1 aliphatic heterocycles. The number of nitrogens with zero attached hydrogens (tertiary/aromatic N) is 4. The Morgan fingerprint density at radius 3 is 2.56 bits per heavy atom. The van der Waals surface area contributed by atoms with Crippen LogP contribution in [0, 0.1) is 19.8 Å². The summed E-state index contributed by atoms with van der Waals surface area (Å²) in [4.78, 5) is 19.1. The van der Waals surface area contributed by atoms with Gasteiger partial charge in [-0.2, -0.15) is 0 Å². The van der Waals surface area contributed by atoms with Gasteiger partial charge in [0.05, 0.1) is 5.56 Å². The summed E-state index contributed by atoms with van der Waals surface area (Å²) in [5, 5.41) is 10.6. The number of aromatic nitrogens is 3. The van der Waals surface area contributed by atoms with E-state index < -0.39 is 6.10 Å². The molecule has 1 amide bonds. The lowest BCUT2D eigenvalue weighted by molar-refractivity contribution is 0.0419. The molecule has 0 bridgehead atoms. The van der Waals surface area contributed by atoms with Gasteiger partial charge in [0.1, 0.15) is 11.9 Å². The highest BCUT2D eigenvalue weighted by Crippen LogP contribution is 2.30. The van der Waals surface area contributed by atoms with Gasteiger partial charge in [-0.05, 0) is 45.6 Å². The summed E-state index contributed by atoms with van der Waals surface area (Å²) >= 11 is 0. The van der Waals surface area contributed by atoms with Crippen molar-refractivity contribution in [2.45, 2.75) is 46.3 Å². The van der Waals surface area contributed by atoms with E-state index in [1.165, 1.54) is 0 Å². The van der Waals surface area contributed by atoms with Gasteiger partial charge in [0.25, 0.3) is 5.91 Å². The second-order valence-electron chi connectivity index (χ2n) is 7.00. The minimum atomic E-state index is -0.567. The Bertz CT molecular complexity index is 754. The molecule has 2 aromatic rings. The molecular formula is C19H28N4O2. The molecule has 1 atom stereocenters. The summed E-state index contributed by atoms with van der Waals surface area (Å²) in [5.74, 6) is 0.960. The molecule has 2 aromatic heterocycles. The largest absolute Gasteiger partial charge is 0.385 e. The van der Waals surface area contributed by atoms with Gasteiger partial charge in [0, 0.05) is 50.5 Å². The predicted octanol–water partition coefficient (Wildman–Crippen LogP) is 2.44. The molecule has 1 aliphatic rings. The first-order valence-corrected chi connectivity index (χ1v) is 9.05. The minimum absolute atomic E-state index is 0.109. The van der Waals surface area contributed by atoms with Crippen LogP contribution in [0.2, 0.25) is 0 Å². The maximum Gasteiger partial charge on any atom is 0.255 e. The normalized spacial score (nSPS) is 17.1. The van der Waals surface area contributed by atoms with Crippen molar-refractivity contribution in [3.05, 3.63) is 41.2 Å². The quantitative estimate of drug-likeness (QED) is 0.927. The van der Waals surface area contributed by atoms with E-state index in [0.717, 1.165) is 36.3 Å². The van der Waals surface area contributed by atoms with Crippen molar-refractivity contribution in [1.29, 1.82) is 0 Å². The molecule has 3 rings (SSSR count). The van der Waals surface area contributed by atoms with Crippen LogP contribution >= 0.6 is 0 Å². The van der Waals surface area contributed by atoms with Crippen LogP contribution in [0.4, 0.5) is 0 Å². The number of imidazole rings is 1. The Kier molecular flexibility index (Phi) is 4.99. The van der Waals surface area contributed by atoms with Gasteiger partial charge in [-0.3, -0.25) is 4.79 Å². The van der Waals surface area contributed by atoms with Crippen molar-refractivity contribution in [2.24, 2.45) is 13.0 Å². The van der Waals surface area contributed by atoms with E-state index in [-0.39, 0.29) is 11.8 Å². The highest BCUT2D eigenvalue weighted by molar-refractivity contribution is 5.95. The highest BCUT2D eigenvalue weighted by Gasteiger charge is 2.31. The Morgan fingerprint density at radius 1 is 1.36 bits per heavy atom. The molecule has 6 heteroatoms. The van der Waals surface area contributed by atoms with Crippen LogP contribution in [0.1, 0.15) is 53.4 Å². The van der Waals surface area contributed by atoms with Crippen LogP contribution in [0.15, 0.2) is 18.5 Å². The van der Waals surface area contributed by atoms with Crippen LogP contribution in [0.25, 0.3) is 0 Å². The van der Waals surface area contributed by atoms with Gasteiger partial charge in [0.15, 0.2) is 0 Å². The number of aliphatic hydroxyl groups is 1. The number of piperidine rings is 1. The van der Waals surface area contributed by atoms with E-state index in [4.69, 9.17) is 0 Å². The zero-order chi connectivity index (χ0) is 18.1. The average molecular weight is 344 g/mol. The second kappa shape index (κ2) is 7.04. The van der Waals surface area contributed by atoms with Crippen molar-refractivity contribution in [1.82, 2.24) is 19.0 Å². The molecule has 0 saturated carbocycles. The van der Waals surface area contributed by atoms with Gasteiger partial charge >= 0.3 is 0 Å². The number of carbonyl (C=O) groups is 1. The van der Waals surface area contributed by atoms with Crippen molar-refractivity contribution in [3.8, 4) is 0 Å². The molecule has 6 nitrogen and oxygen atoms in total. The van der Waals surface area contributed by atoms with Crippen molar-refractivity contribution < 1.29 is 9.90 Å². The summed E-state index contributed by atoms with van der Waals surface area (Å²) in [6.07, 6.45) is 4.59. The first-order chi connectivity index (χ1) is 11.9. The Labute approximate surface area is 149 Å². The molecule has 1 saturated heterocycles. The Morgan fingerprint density at radius 2 is 2.04 bits per heavy atom. The summed E-state index contributed by atoms with van der Waals surface area (Å²) in [5.41, 5.74) is 2.98. The maximum atomic E-state index is 12.9. The number of aryl methyl sites for hydroxylation is 2. The lowest BCUT2D eigenvalue weighted by atomic mass is 9.90. The molecular weight excluding hydrogens is 316 g/mol. The monoisotopic (exact) mass is 344 g/mol. The number of rotatable bonds is 4. The van der Waals surface area contributed by atoms with Gasteiger partial charge in [-0.25, -0.2) is 4.98 Å². The summed E-state index contributed by atoms with van der Waals surface area (Å²) in [7, 11) is 1.90. The first kappa shape index (κ1) is 17.7. The van der Waals surface area contributed by atoms with Crippen molar-refractivity contribution >= 4 is 5.91 Å². The van der Waals surface area contributed by atoms with Crippen molar-refractivity contribution in [2.75, 3.05) is 13.1 Å². The van der Waals surface area contributed by atoms with Gasteiger partial charge in [-0.15, -0.1) is 0 Å². The van der Waals surface area contributed by atoms with Crippen molar-refractivity contribution in [3.63, 3.8) is 0 Å². The van der Waals surface area contributed by atoms with E-state index in [1.807, 2.05) is 42.6 Å². The maximum absolute atomic E-state index is 12.9. The SMILES string of the molecule is CCn1c(C)cc(C(=O)N2CCC(C(O)c3nccn3C)CC2)c1C. The lowest BCUT2D eigenvalue weighted by Crippen LogP contribution is -2.40. The van der Waals surface area contributed by atoms with Crippen LogP contribution in [0.3, 0.4) is 0 Å². The van der Waals surface area contributed by atoms with E-state index in [2.05, 4.69) is 16.5 Å². The van der Waals surface area contributed by atoms with E-state index in [9.17, 15) is 9.90 Å². The number of likely N-dealkylation sites (tertiary alicyclic amines) is 1. The summed E-state index contributed by atoms with van der Waals surface area (Å²) in [6, 6.07) is 2.00. The van der Waals surface area contributed by atoms with Gasteiger partial charge in [-0.1, -0.05) is 0 Å². The molecule has 25 heavy (non-hydrogen) atoms. The zero-order valence-electron chi connectivity index (χ0n) is 15.6. The molecule has 3 heterocycles. The smallest absolute Gasteiger partial charge is 0.255 e. The van der Waals surface area contributed by atoms with Crippen LogP contribution < -0.4 is 0 Å². The number of hydrogen-bond acceptors (Lipinski definition) is 3. The predicted molar refractivity (Wildman–Crippen MR) is 96.4 cm³/mol. The van der Waals surface area contributed by atoms with E-state index >= 15 is 0 Å². The van der Waals surface area contributed by atoms with Crippen LogP contribution in [-0.2, 0) is 13.6 Å². The third-order valence-corrected chi connectivity index (χ3v) is 5.52. The fourth-order valence-corrected chi connectivity index (χ4v) is 3.97. The Hall–Kier alpha value is -2.08. The standard InChI is InChI=1S/C19H28N4O2/c1-5-23-13(2)12-16(14(23)3)19(25)22-9-6-15(7-10-22)17(24)18-20-8-11-21(18)4/h8,11-12,15,17,24H,5-7,9-10H2,1-4H3. The van der Waals surface area contributed by atoms with Crippen LogP contribution in [0.5, 0.6) is 0 Å². The van der Waals surface area contributed by atoms with Gasteiger partial charge < -0.3 is 19.1 Å². The second-order valence-corrected chi connectivity index (χ2v) is 7.00. The minimum Gasteiger partial charge on any atom is -0.385 e. The molecule has 0 aromatic carbocycles. The third kappa shape index (κ3) is 3.23. The number of hydrogen-bond donors (Lipinski definition) is 1. The molecule has 1 fully saturated rings. The van der Waals surface area contributed by atoms with E-state index in [1.54, 1.807) is 6.20 Å². The lowest BCUT2D eigenvalue weighted by Gasteiger charge is -2.34. The number of carbonyl (C=O) groups excluding carboxylic acids is 1. The van der Waals surface area contributed by atoms with Crippen LogP contribution in [-0.4, -0.2) is 43.1 Å². The highest BCUT2D eigenvalue weighted by atomic mass is 16.3. The molecule has 1 N–H and O–H groups in total. The molecule has 0 aliphatic carbocycles. The fraction of sp³-hybridized carbons (Fsp3) is 0.579. The molecule has 1 unspecified atom stereocenters. The number of aliphatic hydroxyl groups excluding tert-OH is 1. The summed E-state index contributed by atoms with van der Waals surface area (Å²) in [6.45, 7) is 8.40. The van der Waals surface area contributed by atoms with E-state index in [0.29, 0.717) is 18.9 Å². The first-order valence-electron chi connectivity index (χ1n) is 9.05.